The van der Waals surface area contributed by atoms with Gasteiger partial charge in [0.05, 0.1) is 12.0 Å². The van der Waals surface area contributed by atoms with Gasteiger partial charge < -0.3 is 5.11 Å². The predicted octanol–water partition coefficient (Wildman–Crippen LogP) is 2.13. The quantitative estimate of drug-likeness (QED) is 0.817. The fourth-order valence-electron chi connectivity index (χ4n) is 2.37. The summed E-state index contributed by atoms with van der Waals surface area (Å²) < 4.78 is 36.4. The first-order valence-corrected chi connectivity index (χ1v) is 5.24. The molecule has 0 saturated heterocycles. The molecule has 0 aromatic carbocycles. The van der Waals surface area contributed by atoms with Crippen molar-refractivity contribution in [2.45, 2.75) is 31.9 Å². The second-order valence-corrected chi connectivity index (χ2v) is 4.58. The second-order valence-electron chi connectivity index (χ2n) is 4.58. The summed E-state index contributed by atoms with van der Waals surface area (Å²) in [5.74, 6) is -0.973. The molecule has 6 heteroatoms. The van der Waals surface area contributed by atoms with E-state index in [4.69, 9.17) is 5.11 Å². The Labute approximate surface area is 92.2 Å². The van der Waals surface area contributed by atoms with Crippen LogP contribution in [-0.2, 0) is 4.79 Å². The first-order chi connectivity index (χ1) is 7.25. The minimum Gasteiger partial charge on any atom is -0.481 e. The number of carbonyl (C=O) groups is 1. The Balaban J connectivity index is 2.59. The van der Waals surface area contributed by atoms with Crippen molar-refractivity contribution in [3.63, 3.8) is 0 Å². The first-order valence-electron chi connectivity index (χ1n) is 5.24. The molecule has 0 aromatic heterocycles. The van der Waals surface area contributed by atoms with Crippen molar-refractivity contribution in [3.05, 3.63) is 0 Å². The lowest BCUT2D eigenvalue weighted by atomic mass is 9.86. The molecular formula is C10H16F3NO2. The highest BCUT2D eigenvalue weighted by Gasteiger charge is 2.43. The smallest absolute Gasteiger partial charge is 0.401 e. The van der Waals surface area contributed by atoms with E-state index in [1.165, 1.54) is 7.05 Å². The Bertz CT molecular complexity index is 259. The average Bonchev–Trinajstić information content (AvgIpc) is 2.49. The van der Waals surface area contributed by atoms with Crippen molar-refractivity contribution in [1.29, 1.82) is 0 Å². The number of nitrogens with zero attached hydrogens (tertiary/aromatic N) is 1. The van der Waals surface area contributed by atoms with E-state index < -0.39 is 24.1 Å². The van der Waals surface area contributed by atoms with E-state index in [1.807, 2.05) is 0 Å². The number of carboxylic acids is 1. The molecule has 0 bridgehead atoms. The molecular weight excluding hydrogens is 223 g/mol. The van der Waals surface area contributed by atoms with E-state index in [-0.39, 0.29) is 6.54 Å². The van der Waals surface area contributed by atoms with E-state index in [2.05, 4.69) is 0 Å². The molecule has 1 aliphatic carbocycles. The molecule has 1 saturated carbocycles. The van der Waals surface area contributed by atoms with Gasteiger partial charge >= 0.3 is 12.1 Å². The molecule has 1 fully saturated rings. The van der Waals surface area contributed by atoms with Gasteiger partial charge in [-0.25, -0.2) is 0 Å². The SMILES string of the molecule is CN(CC(F)(F)F)CC1(C(=O)O)CCCC1. The van der Waals surface area contributed by atoms with Gasteiger partial charge in [0.2, 0.25) is 0 Å². The lowest BCUT2D eigenvalue weighted by Gasteiger charge is -2.29. The van der Waals surface area contributed by atoms with Crippen LogP contribution in [0.2, 0.25) is 0 Å². The van der Waals surface area contributed by atoms with E-state index in [0.29, 0.717) is 12.8 Å². The molecule has 0 unspecified atom stereocenters. The molecule has 0 heterocycles. The molecule has 0 radical (unpaired) electrons. The summed E-state index contributed by atoms with van der Waals surface area (Å²) in [6.45, 7) is -1.08. The highest BCUT2D eigenvalue weighted by atomic mass is 19.4. The van der Waals surface area contributed by atoms with Gasteiger partial charge in [-0.05, 0) is 19.9 Å². The van der Waals surface area contributed by atoms with Crippen molar-refractivity contribution in [1.82, 2.24) is 4.90 Å². The molecule has 3 nitrogen and oxygen atoms in total. The summed E-state index contributed by atoms with van der Waals surface area (Å²) in [5, 5.41) is 9.10. The maximum absolute atomic E-state index is 12.1. The molecule has 1 rings (SSSR count). The fraction of sp³-hybridized carbons (Fsp3) is 0.900. The van der Waals surface area contributed by atoms with Gasteiger partial charge in [-0.3, -0.25) is 9.69 Å². The van der Waals surface area contributed by atoms with Gasteiger partial charge in [-0.2, -0.15) is 13.2 Å². The summed E-state index contributed by atoms with van der Waals surface area (Å²) in [6, 6.07) is 0. The van der Waals surface area contributed by atoms with Crippen LogP contribution in [0.1, 0.15) is 25.7 Å². The van der Waals surface area contributed by atoms with Crippen LogP contribution in [-0.4, -0.2) is 42.3 Å². The third-order valence-electron chi connectivity index (χ3n) is 3.04. The zero-order valence-electron chi connectivity index (χ0n) is 9.18. The van der Waals surface area contributed by atoms with Crippen LogP contribution in [0, 0.1) is 5.41 Å². The van der Waals surface area contributed by atoms with Crippen molar-refractivity contribution in [2.24, 2.45) is 5.41 Å². The highest BCUT2D eigenvalue weighted by Crippen LogP contribution is 2.39. The highest BCUT2D eigenvalue weighted by molar-refractivity contribution is 5.75. The Hall–Kier alpha value is -0.780. The van der Waals surface area contributed by atoms with Gasteiger partial charge in [0.15, 0.2) is 0 Å². The Kier molecular flexibility index (Phi) is 3.83. The van der Waals surface area contributed by atoms with E-state index in [9.17, 15) is 18.0 Å². The summed E-state index contributed by atoms with van der Waals surface area (Å²) in [7, 11) is 1.32. The van der Waals surface area contributed by atoms with Gasteiger partial charge in [0.25, 0.3) is 0 Å². The average molecular weight is 239 g/mol. The maximum Gasteiger partial charge on any atom is 0.401 e. The van der Waals surface area contributed by atoms with E-state index in [0.717, 1.165) is 17.7 Å². The molecule has 0 spiro atoms. The molecule has 1 aliphatic rings. The van der Waals surface area contributed by atoms with Crippen LogP contribution in [0.4, 0.5) is 13.2 Å². The number of rotatable bonds is 4. The number of hydrogen-bond donors (Lipinski definition) is 1. The van der Waals surface area contributed by atoms with E-state index in [1.54, 1.807) is 0 Å². The van der Waals surface area contributed by atoms with Crippen LogP contribution in [0.25, 0.3) is 0 Å². The number of alkyl halides is 3. The number of hydrogen-bond acceptors (Lipinski definition) is 2. The maximum atomic E-state index is 12.1. The van der Waals surface area contributed by atoms with E-state index >= 15 is 0 Å². The molecule has 1 N–H and O–H groups in total. The monoisotopic (exact) mass is 239 g/mol. The lowest BCUT2D eigenvalue weighted by molar-refractivity contribution is -0.158. The molecule has 0 atom stereocenters. The van der Waals surface area contributed by atoms with Crippen molar-refractivity contribution < 1.29 is 23.1 Å². The summed E-state index contributed by atoms with van der Waals surface area (Å²) >= 11 is 0. The first kappa shape index (κ1) is 13.3. The summed E-state index contributed by atoms with van der Waals surface area (Å²) in [5.41, 5.74) is -0.972. The number of aliphatic carboxylic acids is 1. The van der Waals surface area contributed by atoms with Crippen LogP contribution >= 0.6 is 0 Å². The minimum absolute atomic E-state index is 0.0259. The van der Waals surface area contributed by atoms with Crippen LogP contribution < -0.4 is 0 Å². The van der Waals surface area contributed by atoms with Gasteiger partial charge in [-0.15, -0.1) is 0 Å². The van der Waals surface area contributed by atoms with Crippen molar-refractivity contribution in [2.75, 3.05) is 20.1 Å². The normalized spacial score (nSPS) is 20.3. The predicted molar refractivity (Wildman–Crippen MR) is 52.1 cm³/mol. The van der Waals surface area contributed by atoms with Crippen LogP contribution in [0.15, 0.2) is 0 Å². The zero-order valence-corrected chi connectivity index (χ0v) is 9.18. The third-order valence-corrected chi connectivity index (χ3v) is 3.04. The van der Waals surface area contributed by atoms with Gasteiger partial charge in [0.1, 0.15) is 0 Å². The minimum atomic E-state index is -4.27. The standard InChI is InChI=1S/C10H16F3NO2/c1-14(7-10(11,12)13)6-9(8(15)16)4-2-3-5-9/h2-7H2,1H3,(H,15,16). The number of halogens is 3. The van der Waals surface area contributed by atoms with Gasteiger partial charge in [-0.1, -0.05) is 12.8 Å². The zero-order chi connectivity index (χ0) is 12.4. The second kappa shape index (κ2) is 4.61. The Morgan fingerprint density at radius 1 is 1.38 bits per heavy atom. The third kappa shape index (κ3) is 3.37. The molecule has 0 aromatic rings. The molecule has 0 amide bonds. The fourth-order valence-corrected chi connectivity index (χ4v) is 2.37. The van der Waals surface area contributed by atoms with Crippen LogP contribution in [0.3, 0.4) is 0 Å². The Morgan fingerprint density at radius 3 is 2.25 bits per heavy atom. The summed E-state index contributed by atoms with van der Waals surface area (Å²) in [6.07, 6.45) is -1.75. The van der Waals surface area contributed by atoms with Crippen molar-refractivity contribution in [3.8, 4) is 0 Å². The number of carboxylic acid groups (broad SMARTS) is 1. The van der Waals surface area contributed by atoms with Crippen molar-refractivity contribution >= 4 is 5.97 Å². The lowest BCUT2D eigenvalue weighted by Crippen LogP contribution is -2.43. The van der Waals surface area contributed by atoms with Crippen LogP contribution in [0.5, 0.6) is 0 Å². The molecule has 94 valence electrons. The summed E-state index contributed by atoms with van der Waals surface area (Å²) in [4.78, 5) is 12.2. The topological polar surface area (TPSA) is 40.5 Å². The van der Waals surface area contributed by atoms with Gasteiger partial charge in [0, 0.05) is 6.54 Å². The molecule has 16 heavy (non-hydrogen) atoms. The Morgan fingerprint density at radius 2 is 1.88 bits per heavy atom. The molecule has 0 aliphatic heterocycles. The largest absolute Gasteiger partial charge is 0.481 e.